The molecule has 0 unspecified atom stereocenters. The van der Waals surface area contributed by atoms with E-state index >= 15 is 0 Å². The van der Waals surface area contributed by atoms with E-state index in [0.717, 1.165) is 16.8 Å². The molecule has 3 rings (SSSR count). The zero-order valence-electron chi connectivity index (χ0n) is 9.97. The topological polar surface area (TPSA) is 30.2 Å². The summed E-state index contributed by atoms with van der Waals surface area (Å²) >= 11 is 0. The third kappa shape index (κ3) is 1.97. The molecule has 0 saturated heterocycles. The molecular weight excluding hydrogens is 229 g/mol. The summed E-state index contributed by atoms with van der Waals surface area (Å²) in [4.78, 5) is 4.47. The largest absolute Gasteiger partial charge is 0.221 e. The van der Waals surface area contributed by atoms with Crippen LogP contribution in [0.2, 0.25) is 0 Å². The van der Waals surface area contributed by atoms with Gasteiger partial charge < -0.3 is 0 Å². The Morgan fingerprint density at radius 1 is 1.22 bits per heavy atom. The molecule has 0 amide bonds. The molecule has 0 N–H and O–H groups in total. The molecule has 2 aromatic heterocycles. The van der Waals surface area contributed by atoms with Gasteiger partial charge in [-0.2, -0.15) is 5.10 Å². The van der Waals surface area contributed by atoms with Gasteiger partial charge in [-0.25, -0.2) is 13.9 Å². The molecule has 1 aromatic carbocycles. The van der Waals surface area contributed by atoms with Gasteiger partial charge in [0.05, 0.1) is 0 Å². The fourth-order valence-electron chi connectivity index (χ4n) is 1.99. The van der Waals surface area contributed by atoms with E-state index in [9.17, 15) is 4.39 Å². The van der Waals surface area contributed by atoms with Gasteiger partial charge >= 0.3 is 0 Å². The van der Waals surface area contributed by atoms with Gasteiger partial charge in [0.1, 0.15) is 5.82 Å². The number of nitrogens with zero attached hydrogens (tertiary/aromatic N) is 3. The van der Waals surface area contributed by atoms with Crippen LogP contribution in [0.1, 0.15) is 17.0 Å². The first kappa shape index (κ1) is 10.9. The molecule has 3 nitrogen and oxygen atoms in total. The molecule has 0 aliphatic heterocycles. The molecule has 0 atom stereocenters. The number of benzene rings is 1. The Balaban J connectivity index is 1.98. The number of rotatable bonds is 2. The fraction of sp³-hybridized carbons (Fsp3) is 0.143. The maximum absolute atomic E-state index is 13.1. The van der Waals surface area contributed by atoms with Crippen molar-refractivity contribution in [3.05, 3.63) is 65.4 Å². The average Bonchev–Trinajstić information content (AvgIpc) is 2.73. The molecule has 0 fully saturated rings. The highest BCUT2D eigenvalue weighted by Gasteiger charge is 2.06. The van der Waals surface area contributed by atoms with Gasteiger partial charge in [0.2, 0.25) is 0 Å². The normalized spacial score (nSPS) is 11.0. The van der Waals surface area contributed by atoms with Gasteiger partial charge in [0.15, 0.2) is 11.5 Å². The van der Waals surface area contributed by atoms with Crippen molar-refractivity contribution in [1.29, 1.82) is 0 Å². The van der Waals surface area contributed by atoms with Gasteiger partial charge in [-0.05, 0) is 36.2 Å². The summed E-state index contributed by atoms with van der Waals surface area (Å²) in [6, 6.07) is 10.5. The molecule has 0 radical (unpaired) electrons. The molecule has 0 bridgehead atoms. The lowest BCUT2D eigenvalue weighted by Gasteiger charge is -1.96. The maximum atomic E-state index is 13.1. The summed E-state index contributed by atoms with van der Waals surface area (Å²) in [7, 11) is 0. The van der Waals surface area contributed by atoms with E-state index in [0.29, 0.717) is 12.2 Å². The van der Waals surface area contributed by atoms with Crippen LogP contribution in [0.4, 0.5) is 4.39 Å². The van der Waals surface area contributed by atoms with Crippen molar-refractivity contribution in [1.82, 2.24) is 14.6 Å². The first-order valence-corrected chi connectivity index (χ1v) is 5.78. The van der Waals surface area contributed by atoms with Crippen LogP contribution < -0.4 is 0 Å². The predicted octanol–water partition coefficient (Wildman–Crippen LogP) is 2.77. The Bertz CT molecular complexity index is 703. The number of pyridine rings is 1. The van der Waals surface area contributed by atoms with Gasteiger partial charge in [-0.15, -0.1) is 0 Å². The minimum atomic E-state index is -0.229. The van der Waals surface area contributed by atoms with Crippen molar-refractivity contribution in [3.63, 3.8) is 0 Å². The molecule has 0 saturated carbocycles. The number of hydrogen-bond acceptors (Lipinski definition) is 2. The number of aromatic nitrogens is 3. The molecule has 0 aliphatic rings. The van der Waals surface area contributed by atoms with Crippen LogP contribution in [-0.4, -0.2) is 14.6 Å². The third-order valence-electron chi connectivity index (χ3n) is 2.85. The van der Waals surface area contributed by atoms with Crippen LogP contribution >= 0.6 is 0 Å². The molecular formula is C14H12FN3. The second-order valence-corrected chi connectivity index (χ2v) is 4.29. The zero-order chi connectivity index (χ0) is 12.5. The van der Waals surface area contributed by atoms with E-state index in [1.807, 2.05) is 31.3 Å². The summed E-state index contributed by atoms with van der Waals surface area (Å²) < 4.78 is 14.8. The first-order valence-electron chi connectivity index (χ1n) is 5.78. The Morgan fingerprint density at radius 2 is 2.11 bits per heavy atom. The number of hydrogen-bond donors (Lipinski definition) is 0. The highest BCUT2D eigenvalue weighted by atomic mass is 19.1. The lowest BCUT2D eigenvalue weighted by atomic mass is 10.1. The van der Waals surface area contributed by atoms with E-state index in [2.05, 4.69) is 10.1 Å². The highest BCUT2D eigenvalue weighted by molar-refractivity contribution is 5.46. The molecule has 0 spiro atoms. The van der Waals surface area contributed by atoms with Gasteiger partial charge in [0.25, 0.3) is 0 Å². The fourth-order valence-corrected chi connectivity index (χ4v) is 1.99. The van der Waals surface area contributed by atoms with E-state index in [1.165, 1.54) is 12.1 Å². The summed E-state index contributed by atoms with van der Waals surface area (Å²) in [6.07, 6.45) is 2.41. The predicted molar refractivity (Wildman–Crippen MR) is 66.9 cm³/mol. The molecule has 0 aliphatic carbocycles. The van der Waals surface area contributed by atoms with Crippen LogP contribution in [0.5, 0.6) is 0 Å². The van der Waals surface area contributed by atoms with Crippen molar-refractivity contribution < 1.29 is 4.39 Å². The van der Waals surface area contributed by atoms with Crippen LogP contribution in [0.25, 0.3) is 5.65 Å². The van der Waals surface area contributed by atoms with E-state index in [-0.39, 0.29) is 5.82 Å². The van der Waals surface area contributed by atoms with Crippen molar-refractivity contribution in [3.8, 4) is 0 Å². The van der Waals surface area contributed by atoms with Crippen molar-refractivity contribution in [2.45, 2.75) is 13.3 Å². The quantitative estimate of drug-likeness (QED) is 0.690. The third-order valence-corrected chi connectivity index (χ3v) is 2.85. The van der Waals surface area contributed by atoms with Crippen LogP contribution in [-0.2, 0) is 6.42 Å². The minimum Gasteiger partial charge on any atom is -0.221 e. The SMILES string of the molecule is Cc1cccn2nc(Cc3cccc(F)c3)nc12. The Labute approximate surface area is 104 Å². The highest BCUT2D eigenvalue weighted by Crippen LogP contribution is 2.11. The van der Waals surface area contributed by atoms with Crippen molar-refractivity contribution >= 4 is 5.65 Å². The Morgan fingerprint density at radius 3 is 2.89 bits per heavy atom. The molecule has 18 heavy (non-hydrogen) atoms. The number of halogens is 1. The van der Waals surface area contributed by atoms with E-state index in [4.69, 9.17) is 0 Å². The maximum Gasteiger partial charge on any atom is 0.158 e. The molecule has 90 valence electrons. The molecule has 4 heteroatoms. The lowest BCUT2D eigenvalue weighted by molar-refractivity contribution is 0.625. The van der Waals surface area contributed by atoms with Gasteiger partial charge in [-0.3, -0.25) is 0 Å². The van der Waals surface area contributed by atoms with Gasteiger partial charge in [-0.1, -0.05) is 18.2 Å². The molecule has 3 aromatic rings. The number of fused-ring (bicyclic) bond motifs is 1. The lowest BCUT2D eigenvalue weighted by Crippen LogP contribution is -1.92. The Kier molecular flexibility index (Phi) is 2.55. The summed E-state index contributed by atoms with van der Waals surface area (Å²) in [5, 5.41) is 4.38. The Hall–Kier alpha value is -2.23. The van der Waals surface area contributed by atoms with Gasteiger partial charge in [0, 0.05) is 12.6 Å². The summed E-state index contributed by atoms with van der Waals surface area (Å²) in [6.45, 7) is 2.00. The van der Waals surface area contributed by atoms with Crippen molar-refractivity contribution in [2.24, 2.45) is 0 Å². The number of aryl methyl sites for hydroxylation is 1. The summed E-state index contributed by atoms with van der Waals surface area (Å²) in [5.41, 5.74) is 2.81. The second kappa shape index (κ2) is 4.22. The second-order valence-electron chi connectivity index (χ2n) is 4.29. The van der Waals surface area contributed by atoms with E-state index in [1.54, 1.807) is 10.6 Å². The smallest absolute Gasteiger partial charge is 0.158 e. The van der Waals surface area contributed by atoms with Crippen molar-refractivity contribution in [2.75, 3.05) is 0 Å². The monoisotopic (exact) mass is 241 g/mol. The molecule has 2 heterocycles. The average molecular weight is 241 g/mol. The summed E-state index contributed by atoms with van der Waals surface area (Å²) in [5.74, 6) is 0.474. The minimum absolute atomic E-state index is 0.229. The standard InChI is InChI=1S/C14H12FN3/c1-10-4-3-7-18-14(10)16-13(17-18)9-11-5-2-6-12(15)8-11/h2-8H,9H2,1H3. The van der Waals surface area contributed by atoms with E-state index < -0.39 is 0 Å². The van der Waals surface area contributed by atoms with Crippen LogP contribution in [0, 0.1) is 12.7 Å². The van der Waals surface area contributed by atoms with Crippen LogP contribution in [0.15, 0.2) is 42.6 Å². The van der Waals surface area contributed by atoms with Crippen LogP contribution in [0.3, 0.4) is 0 Å². The zero-order valence-corrected chi connectivity index (χ0v) is 9.97. The first-order chi connectivity index (χ1) is 8.72.